The van der Waals surface area contributed by atoms with E-state index in [0.29, 0.717) is 16.9 Å². The first-order chi connectivity index (χ1) is 16.1. The highest BCUT2D eigenvalue weighted by atomic mass is 19.1. The monoisotopic (exact) mass is 441 g/mol. The summed E-state index contributed by atoms with van der Waals surface area (Å²) in [4.78, 5) is 30.3. The third-order valence-electron chi connectivity index (χ3n) is 6.09. The molecule has 3 aromatic rings. The normalized spacial score (nSPS) is 16.5. The van der Waals surface area contributed by atoms with Crippen molar-refractivity contribution in [3.8, 4) is 0 Å². The average Bonchev–Trinajstić information content (AvgIpc) is 3.10. The van der Waals surface area contributed by atoms with Gasteiger partial charge >= 0.3 is 0 Å². The molecule has 2 amide bonds. The second-order valence-corrected chi connectivity index (χ2v) is 8.26. The predicted octanol–water partition coefficient (Wildman–Crippen LogP) is 5.21. The number of hydrogen-bond acceptors (Lipinski definition) is 4. The lowest BCUT2D eigenvalue weighted by Crippen LogP contribution is -2.32. The lowest BCUT2D eigenvalue weighted by atomic mass is 10.0. The first kappa shape index (κ1) is 20.9. The fourth-order valence-electron chi connectivity index (χ4n) is 4.39. The quantitative estimate of drug-likeness (QED) is 0.552. The fraction of sp³-hybridized carbons (Fsp3) is 0.185. The van der Waals surface area contributed by atoms with E-state index < -0.39 is 17.6 Å². The van der Waals surface area contributed by atoms with Crippen molar-refractivity contribution in [2.24, 2.45) is 0 Å². The van der Waals surface area contributed by atoms with Gasteiger partial charge in [-0.3, -0.25) is 9.59 Å². The number of nitrogens with zero attached hydrogens (tertiary/aromatic N) is 2. The minimum Gasteiger partial charge on any atom is -0.372 e. The molecule has 166 valence electrons. The highest BCUT2D eigenvalue weighted by molar-refractivity contribution is 6.46. The molecule has 5 nitrogen and oxygen atoms in total. The summed E-state index contributed by atoms with van der Waals surface area (Å²) in [6, 6.07) is 22.3. The van der Waals surface area contributed by atoms with E-state index in [1.165, 1.54) is 43.5 Å². The molecule has 0 radical (unpaired) electrons. The average molecular weight is 442 g/mol. The van der Waals surface area contributed by atoms with E-state index in [9.17, 15) is 14.0 Å². The van der Waals surface area contributed by atoms with Crippen LogP contribution >= 0.6 is 0 Å². The molecular formula is C27H24FN3O2. The molecular weight excluding hydrogens is 417 g/mol. The number of para-hydroxylation sites is 1. The molecule has 2 heterocycles. The zero-order valence-electron chi connectivity index (χ0n) is 18.1. The third kappa shape index (κ3) is 4.12. The van der Waals surface area contributed by atoms with Gasteiger partial charge in [-0.25, -0.2) is 9.29 Å². The molecule has 0 atom stereocenters. The van der Waals surface area contributed by atoms with Gasteiger partial charge in [-0.15, -0.1) is 0 Å². The van der Waals surface area contributed by atoms with E-state index in [4.69, 9.17) is 0 Å². The van der Waals surface area contributed by atoms with Crippen LogP contribution in [0.2, 0.25) is 0 Å². The Balaban J connectivity index is 1.49. The third-order valence-corrected chi connectivity index (χ3v) is 6.09. The highest BCUT2D eigenvalue weighted by Gasteiger charge is 2.40. The van der Waals surface area contributed by atoms with Crippen LogP contribution in [0.5, 0.6) is 0 Å². The van der Waals surface area contributed by atoms with E-state index in [2.05, 4.69) is 10.2 Å². The van der Waals surface area contributed by atoms with Gasteiger partial charge in [0.1, 0.15) is 11.5 Å². The molecule has 33 heavy (non-hydrogen) atoms. The number of benzene rings is 3. The summed E-state index contributed by atoms with van der Waals surface area (Å²) in [6.07, 6.45) is 3.66. The molecule has 2 aliphatic heterocycles. The highest BCUT2D eigenvalue weighted by Crippen LogP contribution is 2.34. The zero-order valence-corrected chi connectivity index (χ0v) is 18.1. The minimum atomic E-state index is -0.440. The SMILES string of the molecule is O=C1C(Nc2ccc(N3CCCCC3)cc2)=C(c2ccc(F)cc2)C(=O)N1c1ccccc1. The number of halogens is 1. The van der Waals surface area contributed by atoms with E-state index in [1.54, 1.807) is 24.3 Å². The Bertz CT molecular complexity index is 1200. The second-order valence-electron chi connectivity index (χ2n) is 8.26. The summed E-state index contributed by atoms with van der Waals surface area (Å²) in [5, 5.41) is 3.17. The lowest BCUT2D eigenvalue weighted by Gasteiger charge is -2.28. The van der Waals surface area contributed by atoms with Gasteiger partial charge in [0.05, 0.1) is 11.3 Å². The van der Waals surface area contributed by atoms with Crippen LogP contribution in [0.3, 0.4) is 0 Å². The van der Waals surface area contributed by atoms with Crippen molar-refractivity contribution in [1.29, 1.82) is 0 Å². The Hall–Kier alpha value is -3.93. The Kier molecular flexibility index (Phi) is 5.65. The number of amides is 2. The minimum absolute atomic E-state index is 0.182. The van der Waals surface area contributed by atoms with Crippen LogP contribution in [0.1, 0.15) is 24.8 Å². The van der Waals surface area contributed by atoms with Crippen molar-refractivity contribution in [2.45, 2.75) is 19.3 Å². The van der Waals surface area contributed by atoms with Crippen LogP contribution in [-0.4, -0.2) is 24.9 Å². The molecule has 5 rings (SSSR count). The van der Waals surface area contributed by atoms with Crippen LogP contribution in [0.15, 0.2) is 84.6 Å². The van der Waals surface area contributed by atoms with Crippen molar-refractivity contribution in [2.75, 3.05) is 28.2 Å². The van der Waals surface area contributed by atoms with Crippen LogP contribution < -0.4 is 15.1 Å². The Morgan fingerprint density at radius 3 is 2.03 bits per heavy atom. The summed E-state index contributed by atoms with van der Waals surface area (Å²) in [6.45, 7) is 2.09. The van der Waals surface area contributed by atoms with Crippen molar-refractivity contribution in [3.05, 3.63) is 95.9 Å². The first-order valence-corrected chi connectivity index (χ1v) is 11.2. The maximum absolute atomic E-state index is 13.5. The van der Waals surface area contributed by atoms with Crippen LogP contribution in [0.25, 0.3) is 5.57 Å². The molecule has 1 fully saturated rings. The molecule has 6 heteroatoms. The fourth-order valence-corrected chi connectivity index (χ4v) is 4.39. The summed E-state index contributed by atoms with van der Waals surface area (Å²) in [7, 11) is 0. The standard InChI is InChI=1S/C27H24FN3O2/c28-20-11-9-19(10-12-20)24-25(27(33)31(26(24)32)23-7-3-1-4-8-23)29-21-13-15-22(16-14-21)30-17-5-2-6-18-30/h1,3-4,7-16,29H,2,5-6,17-18H2. The van der Waals surface area contributed by atoms with Crippen LogP contribution in [-0.2, 0) is 9.59 Å². The van der Waals surface area contributed by atoms with E-state index in [0.717, 1.165) is 23.7 Å². The molecule has 0 unspecified atom stereocenters. The molecule has 1 saturated heterocycles. The predicted molar refractivity (Wildman–Crippen MR) is 128 cm³/mol. The molecule has 0 bridgehead atoms. The smallest absolute Gasteiger partial charge is 0.282 e. The maximum atomic E-state index is 13.5. The van der Waals surface area contributed by atoms with Crippen molar-refractivity contribution < 1.29 is 14.0 Å². The number of nitrogens with one attached hydrogen (secondary N) is 1. The number of piperidine rings is 1. The summed E-state index contributed by atoms with van der Waals surface area (Å²) in [5.74, 6) is -1.28. The van der Waals surface area contributed by atoms with Gasteiger partial charge in [-0.2, -0.15) is 0 Å². The van der Waals surface area contributed by atoms with E-state index >= 15 is 0 Å². The topological polar surface area (TPSA) is 52.7 Å². The van der Waals surface area contributed by atoms with Crippen LogP contribution in [0, 0.1) is 5.82 Å². The van der Waals surface area contributed by atoms with Gasteiger partial charge in [0, 0.05) is 24.5 Å². The molecule has 0 aliphatic carbocycles. The van der Waals surface area contributed by atoms with Crippen LogP contribution in [0.4, 0.5) is 21.5 Å². The van der Waals surface area contributed by atoms with Crippen molar-refractivity contribution >= 4 is 34.4 Å². The van der Waals surface area contributed by atoms with Gasteiger partial charge in [0.2, 0.25) is 0 Å². The second kappa shape index (κ2) is 8.90. The van der Waals surface area contributed by atoms with Crippen molar-refractivity contribution in [1.82, 2.24) is 0 Å². The number of carbonyl (C=O) groups excluding carboxylic acids is 2. The lowest BCUT2D eigenvalue weighted by molar-refractivity contribution is -0.120. The number of imide groups is 1. The van der Waals surface area contributed by atoms with E-state index in [-0.39, 0.29) is 11.3 Å². The Labute approximate surface area is 192 Å². The van der Waals surface area contributed by atoms with Gasteiger partial charge in [-0.05, 0) is 73.4 Å². The Morgan fingerprint density at radius 1 is 0.697 bits per heavy atom. The Morgan fingerprint density at radius 2 is 1.36 bits per heavy atom. The molecule has 0 saturated carbocycles. The van der Waals surface area contributed by atoms with Crippen molar-refractivity contribution in [3.63, 3.8) is 0 Å². The van der Waals surface area contributed by atoms with Gasteiger partial charge in [-0.1, -0.05) is 30.3 Å². The molecule has 0 spiro atoms. The van der Waals surface area contributed by atoms with Gasteiger partial charge in [0.15, 0.2) is 0 Å². The largest absolute Gasteiger partial charge is 0.372 e. The first-order valence-electron chi connectivity index (χ1n) is 11.2. The number of carbonyl (C=O) groups is 2. The zero-order chi connectivity index (χ0) is 22.8. The molecule has 3 aromatic carbocycles. The maximum Gasteiger partial charge on any atom is 0.282 e. The number of anilines is 3. The number of hydrogen-bond donors (Lipinski definition) is 1. The number of rotatable bonds is 5. The summed E-state index contributed by atoms with van der Waals surface area (Å²) < 4.78 is 13.5. The molecule has 1 N–H and O–H groups in total. The molecule has 2 aliphatic rings. The summed E-state index contributed by atoms with van der Waals surface area (Å²) in [5.41, 5.74) is 3.24. The summed E-state index contributed by atoms with van der Waals surface area (Å²) >= 11 is 0. The molecule has 0 aromatic heterocycles. The van der Waals surface area contributed by atoms with Gasteiger partial charge < -0.3 is 10.2 Å². The van der Waals surface area contributed by atoms with E-state index in [1.807, 2.05) is 30.3 Å². The van der Waals surface area contributed by atoms with Gasteiger partial charge in [0.25, 0.3) is 11.8 Å².